The number of halogens is 2. The second kappa shape index (κ2) is 6.04. The van der Waals surface area contributed by atoms with Crippen LogP contribution in [-0.4, -0.2) is 14.9 Å². The fourth-order valence-electron chi connectivity index (χ4n) is 1.87. The maximum atomic E-state index is 10.4. The summed E-state index contributed by atoms with van der Waals surface area (Å²) < 4.78 is 2.86. The molecule has 0 saturated heterocycles. The third-order valence-corrected chi connectivity index (χ3v) is 3.65. The second-order valence-corrected chi connectivity index (χ2v) is 5.71. The Labute approximate surface area is 125 Å². The summed E-state index contributed by atoms with van der Waals surface area (Å²) in [5.41, 5.74) is 1.50. The Morgan fingerprint density at radius 3 is 2.94 bits per heavy atom. The summed E-state index contributed by atoms with van der Waals surface area (Å²) in [6, 6.07) is 7.76. The Bertz CT molecular complexity index is 542. The first-order chi connectivity index (χ1) is 8.63. The quantitative estimate of drug-likeness (QED) is 0.828. The lowest BCUT2D eigenvalue weighted by atomic mass is 10.1. The van der Waals surface area contributed by atoms with Crippen LogP contribution in [0.4, 0.5) is 0 Å². The average Bonchev–Trinajstić information content (AvgIpc) is 2.70. The fourth-order valence-corrected chi connectivity index (χ4v) is 2.68. The van der Waals surface area contributed by atoms with Gasteiger partial charge in [-0.15, -0.1) is 0 Å². The van der Waals surface area contributed by atoms with E-state index in [2.05, 4.69) is 34.6 Å². The van der Waals surface area contributed by atoms with Crippen molar-refractivity contribution in [3.63, 3.8) is 0 Å². The first kappa shape index (κ1) is 13.8. The van der Waals surface area contributed by atoms with Gasteiger partial charge >= 0.3 is 0 Å². The molecular weight excluding hydrogens is 363 g/mol. The summed E-state index contributed by atoms with van der Waals surface area (Å²) in [6.45, 7) is 2.82. The van der Waals surface area contributed by atoms with Crippen molar-refractivity contribution in [2.75, 3.05) is 0 Å². The molecule has 3 nitrogen and oxygen atoms in total. The number of aryl methyl sites for hydroxylation is 1. The molecule has 1 N–H and O–H groups in total. The van der Waals surface area contributed by atoms with E-state index < -0.39 is 6.10 Å². The zero-order chi connectivity index (χ0) is 13.1. The van der Waals surface area contributed by atoms with Crippen molar-refractivity contribution in [3.05, 3.63) is 50.3 Å². The van der Waals surface area contributed by atoms with E-state index in [4.69, 9.17) is 11.6 Å². The number of rotatable bonds is 4. The number of hydrogen-bond acceptors (Lipinski definition) is 2. The van der Waals surface area contributed by atoms with Crippen LogP contribution in [0.15, 0.2) is 30.5 Å². The van der Waals surface area contributed by atoms with Crippen LogP contribution in [0.2, 0.25) is 5.02 Å². The van der Waals surface area contributed by atoms with Crippen LogP contribution >= 0.6 is 34.2 Å². The molecule has 0 aliphatic rings. The van der Waals surface area contributed by atoms with E-state index in [9.17, 15) is 5.11 Å². The van der Waals surface area contributed by atoms with E-state index in [0.29, 0.717) is 10.7 Å². The molecule has 1 aromatic heterocycles. The summed E-state index contributed by atoms with van der Waals surface area (Å²) in [4.78, 5) is 0. The van der Waals surface area contributed by atoms with Gasteiger partial charge in [-0.05, 0) is 46.7 Å². The molecular formula is C13H14ClIN2O. The summed E-state index contributed by atoms with van der Waals surface area (Å²) in [5.74, 6) is 0. The molecule has 1 atom stereocenters. The van der Waals surface area contributed by atoms with Crippen molar-refractivity contribution in [3.8, 4) is 0 Å². The van der Waals surface area contributed by atoms with E-state index in [0.717, 1.165) is 22.1 Å². The van der Waals surface area contributed by atoms with Gasteiger partial charge in [0.15, 0.2) is 0 Å². The largest absolute Gasteiger partial charge is 0.382 e. The van der Waals surface area contributed by atoms with Crippen molar-refractivity contribution in [1.82, 2.24) is 9.78 Å². The van der Waals surface area contributed by atoms with Crippen LogP contribution in [0, 0.1) is 3.57 Å². The number of nitrogens with zero attached hydrogens (tertiary/aromatic N) is 2. The van der Waals surface area contributed by atoms with Crippen LogP contribution in [-0.2, 0) is 6.54 Å². The summed E-state index contributed by atoms with van der Waals surface area (Å²) in [5, 5.41) is 15.2. The van der Waals surface area contributed by atoms with E-state index in [1.165, 1.54) is 0 Å². The van der Waals surface area contributed by atoms with Gasteiger partial charge in [0.05, 0.1) is 16.9 Å². The molecule has 0 spiro atoms. The summed E-state index contributed by atoms with van der Waals surface area (Å²) in [6.07, 6.45) is 1.80. The van der Waals surface area contributed by atoms with E-state index in [-0.39, 0.29) is 0 Å². The molecule has 2 aromatic rings. The predicted octanol–water partition coefficient (Wildman–Crippen LogP) is 3.63. The fraction of sp³-hybridized carbons (Fsp3) is 0.308. The van der Waals surface area contributed by atoms with Gasteiger partial charge in [-0.1, -0.05) is 30.7 Å². The van der Waals surface area contributed by atoms with E-state index >= 15 is 0 Å². The van der Waals surface area contributed by atoms with Gasteiger partial charge in [0.2, 0.25) is 0 Å². The third kappa shape index (κ3) is 2.87. The molecule has 96 valence electrons. The van der Waals surface area contributed by atoms with Gasteiger partial charge in [0.1, 0.15) is 6.10 Å². The first-order valence-electron chi connectivity index (χ1n) is 5.78. The summed E-state index contributed by atoms with van der Waals surface area (Å²) in [7, 11) is 0. The van der Waals surface area contributed by atoms with Gasteiger partial charge in [0.25, 0.3) is 0 Å². The highest BCUT2D eigenvalue weighted by Gasteiger charge is 2.19. The number of aliphatic hydroxyl groups is 1. The van der Waals surface area contributed by atoms with Crippen LogP contribution in [0.1, 0.15) is 30.7 Å². The highest BCUT2D eigenvalue weighted by atomic mass is 127. The van der Waals surface area contributed by atoms with Gasteiger partial charge < -0.3 is 5.11 Å². The first-order valence-corrected chi connectivity index (χ1v) is 7.24. The Kier molecular flexibility index (Phi) is 4.64. The highest BCUT2D eigenvalue weighted by Crippen LogP contribution is 2.29. The lowest BCUT2D eigenvalue weighted by Gasteiger charge is -2.14. The lowest BCUT2D eigenvalue weighted by Crippen LogP contribution is -2.10. The molecule has 0 aliphatic heterocycles. The maximum Gasteiger partial charge on any atom is 0.122 e. The number of benzene rings is 1. The van der Waals surface area contributed by atoms with Crippen molar-refractivity contribution in [2.24, 2.45) is 0 Å². The average molecular weight is 377 g/mol. The zero-order valence-electron chi connectivity index (χ0n) is 9.98. The molecule has 18 heavy (non-hydrogen) atoms. The van der Waals surface area contributed by atoms with Crippen LogP contribution < -0.4 is 0 Å². The molecule has 0 aliphatic carbocycles. The minimum Gasteiger partial charge on any atom is -0.382 e. The molecule has 1 heterocycles. The smallest absolute Gasteiger partial charge is 0.122 e. The van der Waals surface area contributed by atoms with Gasteiger partial charge in [-0.3, -0.25) is 4.68 Å². The molecule has 0 bridgehead atoms. The van der Waals surface area contributed by atoms with Gasteiger partial charge in [-0.2, -0.15) is 5.10 Å². The molecule has 1 unspecified atom stereocenters. The molecule has 0 saturated carbocycles. The highest BCUT2D eigenvalue weighted by molar-refractivity contribution is 14.1. The standard InChI is InChI=1S/C13H14ClIN2O/c1-2-6-17-12(11(14)8-16-17)13(18)9-4-3-5-10(15)7-9/h3-5,7-8,13,18H,2,6H2,1H3. The third-order valence-electron chi connectivity index (χ3n) is 2.69. The molecule has 2 rings (SSSR count). The molecule has 0 amide bonds. The lowest BCUT2D eigenvalue weighted by molar-refractivity contribution is 0.207. The van der Waals surface area contributed by atoms with Crippen molar-refractivity contribution < 1.29 is 5.11 Å². The Morgan fingerprint density at radius 1 is 1.50 bits per heavy atom. The van der Waals surface area contributed by atoms with Crippen molar-refractivity contribution >= 4 is 34.2 Å². The summed E-state index contributed by atoms with van der Waals surface area (Å²) >= 11 is 8.34. The van der Waals surface area contributed by atoms with Crippen molar-refractivity contribution in [2.45, 2.75) is 26.0 Å². The minimum atomic E-state index is -0.735. The molecule has 5 heteroatoms. The SMILES string of the molecule is CCCn1ncc(Cl)c1C(O)c1cccc(I)c1. The van der Waals surface area contributed by atoms with Crippen LogP contribution in [0.3, 0.4) is 0 Å². The maximum absolute atomic E-state index is 10.4. The minimum absolute atomic E-state index is 0.509. The van der Waals surface area contributed by atoms with E-state index in [1.54, 1.807) is 10.9 Å². The van der Waals surface area contributed by atoms with E-state index in [1.807, 2.05) is 24.3 Å². The number of aliphatic hydroxyl groups excluding tert-OH is 1. The van der Waals surface area contributed by atoms with Crippen LogP contribution in [0.25, 0.3) is 0 Å². The van der Waals surface area contributed by atoms with Gasteiger partial charge in [-0.25, -0.2) is 0 Å². The Hall–Kier alpha value is -0.590. The Morgan fingerprint density at radius 2 is 2.28 bits per heavy atom. The predicted molar refractivity (Wildman–Crippen MR) is 80.7 cm³/mol. The zero-order valence-corrected chi connectivity index (χ0v) is 12.9. The monoisotopic (exact) mass is 376 g/mol. The number of hydrogen-bond donors (Lipinski definition) is 1. The second-order valence-electron chi connectivity index (χ2n) is 4.06. The van der Waals surface area contributed by atoms with Gasteiger partial charge in [0, 0.05) is 10.1 Å². The molecule has 1 aromatic carbocycles. The van der Waals surface area contributed by atoms with Crippen molar-refractivity contribution in [1.29, 1.82) is 0 Å². The molecule has 0 radical (unpaired) electrons. The Balaban J connectivity index is 2.39. The normalized spacial score (nSPS) is 12.7. The number of aromatic nitrogens is 2. The topological polar surface area (TPSA) is 38.0 Å². The molecule has 0 fully saturated rings. The van der Waals surface area contributed by atoms with Crippen LogP contribution in [0.5, 0.6) is 0 Å².